The third-order valence-electron chi connectivity index (χ3n) is 4.40. The molecule has 1 aliphatic rings. The number of carbonyl (C=O) groups is 2. The Bertz CT molecular complexity index is 853. The van der Waals surface area contributed by atoms with Gasteiger partial charge in [0.15, 0.2) is 5.13 Å². The minimum Gasteiger partial charge on any atom is -0.337 e. The molecule has 2 aromatic rings. The van der Waals surface area contributed by atoms with E-state index in [0.717, 1.165) is 22.6 Å². The summed E-state index contributed by atoms with van der Waals surface area (Å²) in [5.41, 5.74) is 3.16. The van der Waals surface area contributed by atoms with Gasteiger partial charge in [0, 0.05) is 30.3 Å². The second-order valence-electron chi connectivity index (χ2n) is 7.29. The maximum Gasteiger partial charge on any atom is 0.250 e. The summed E-state index contributed by atoms with van der Waals surface area (Å²) in [5.74, 6) is 0.348. The Kier molecular flexibility index (Phi) is 6.06. The van der Waals surface area contributed by atoms with Gasteiger partial charge in [-0.2, -0.15) is 0 Å². The van der Waals surface area contributed by atoms with Crippen molar-refractivity contribution < 1.29 is 9.59 Å². The summed E-state index contributed by atoms with van der Waals surface area (Å²) in [6, 6.07) is 7.98. The number of aromatic nitrogens is 1. The maximum absolute atomic E-state index is 12.3. The zero-order valence-corrected chi connectivity index (χ0v) is 16.8. The second-order valence-corrected chi connectivity index (χ2v) is 8.37. The van der Waals surface area contributed by atoms with Crippen LogP contribution in [0.5, 0.6) is 0 Å². The largest absolute Gasteiger partial charge is 0.337 e. The van der Waals surface area contributed by atoms with Crippen LogP contribution in [0.25, 0.3) is 6.08 Å². The molecule has 0 radical (unpaired) electrons. The summed E-state index contributed by atoms with van der Waals surface area (Å²) in [6.07, 6.45) is 4.62. The lowest BCUT2D eigenvalue weighted by atomic mass is 10.1. The molecule has 1 aromatic carbocycles. The summed E-state index contributed by atoms with van der Waals surface area (Å²) in [4.78, 5) is 31.9. The first-order valence-electron chi connectivity index (χ1n) is 9.23. The number of hydrogen-bond donors (Lipinski definition) is 1. The van der Waals surface area contributed by atoms with Crippen LogP contribution in [0.3, 0.4) is 0 Å². The lowest BCUT2D eigenvalue weighted by Gasteiger charge is -2.26. The van der Waals surface area contributed by atoms with Crippen LogP contribution in [0, 0.1) is 12.8 Å². The van der Waals surface area contributed by atoms with Gasteiger partial charge in [-0.05, 0) is 24.5 Å². The Hall–Kier alpha value is -2.47. The maximum atomic E-state index is 12.3. The van der Waals surface area contributed by atoms with Gasteiger partial charge in [0.05, 0.1) is 12.2 Å². The first kappa shape index (κ1) is 19.3. The van der Waals surface area contributed by atoms with Crippen molar-refractivity contribution in [3.05, 3.63) is 52.0 Å². The van der Waals surface area contributed by atoms with E-state index in [9.17, 15) is 9.59 Å². The third-order valence-corrected chi connectivity index (χ3v) is 5.40. The molecule has 0 unspecified atom stereocenters. The zero-order chi connectivity index (χ0) is 19.4. The predicted molar refractivity (Wildman–Crippen MR) is 110 cm³/mol. The molecule has 1 aliphatic heterocycles. The van der Waals surface area contributed by atoms with Gasteiger partial charge in [-0.1, -0.05) is 55.0 Å². The zero-order valence-electron chi connectivity index (χ0n) is 16.0. The monoisotopic (exact) mass is 383 g/mol. The highest BCUT2D eigenvalue weighted by molar-refractivity contribution is 7.15. The smallest absolute Gasteiger partial charge is 0.250 e. The van der Waals surface area contributed by atoms with E-state index in [0.29, 0.717) is 30.6 Å². The van der Waals surface area contributed by atoms with Crippen LogP contribution in [0.2, 0.25) is 0 Å². The van der Waals surface area contributed by atoms with Crippen LogP contribution < -0.4 is 5.32 Å². The van der Waals surface area contributed by atoms with Crippen molar-refractivity contribution in [3.8, 4) is 0 Å². The molecular weight excluding hydrogens is 358 g/mol. The van der Waals surface area contributed by atoms with Crippen molar-refractivity contribution in [2.75, 3.05) is 11.9 Å². The van der Waals surface area contributed by atoms with E-state index < -0.39 is 0 Å². The number of amides is 2. The van der Waals surface area contributed by atoms with E-state index >= 15 is 0 Å². The average Bonchev–Trinajstić information content (AvgIpc) is 3.01. The molecule has 2 amide bonds. The van der Waals surface area contributed by atoms with Crippen molar-refractivity contribution in [2.45, 2.75) is 40.2 Å². The highest BCUT2D eigenvalue weighted by atomic mass is 32.1. The van der Waals surface area contributed by atoms with Crippen LogP contribution in [-0.4, -0.2) is 28.2 Å². The molecule has 0 saturated carbocycles. The number of hydrogen-bond acceptors (Lipinski definition) is 4. The van der Waals surface area contributed by atoms with Gasteiger partial charge < -0.3 is 4.90 Å². The van der Waals surface area contributed by atoms with Gasteiger partial charge in [-0.3, -0.25) is 14.9 Å². The molecule has 0 fully saturated rings. The van der Waals surface area contributed by atoms with E-state index in [1.807, 2.05) is 36.1 Å². The number of thiazole rings is 1. The molecule has 142 valence electrons. The molecule has 5 nitrogen and oxygen atoms in total. The molecule has 0 atom stereocenters. The molecule has 0 spiro atoms. The molecule has 1 aromatic heterocycles. The van der Waals surface area contributed by atoms with Gasteiger partial charge in [0.1, 0.15) is 0 Å². The van der Waals surface area contributed by atoms with Gasteiger partial charge in [0.25, 0.3) is 0 Å². The van der Waals surface area contributed by atoms with E-state index in [1.54, 1.807) is 6.08 Å². The van der Waals surface area contributed by atoms with Crippen molar-refractivity contribution >= 4 is 34.4 Å². The van der Waals surface area contributed by atoms with Gasteiger partial charge in [-0.15, -0.1) is 0 Å². The first-order chi connectivity index (χ1) is 12.9. The van der Waals surface area contributed by atoms with Gasteiger partial charge in [-0.25, -0.2) is 4.98 Å². The fraction of sp³-hybridized carbons (Fsp3) is 0.381. The summed E-state index contributed by atoms with van der Waals surface area (Å²) in [6.45, 7) is 7.42. The predicted octanol–water partition coefficient (Wildman–Crippen LogP) is 4.03. The van der Waals surface area contributed by atoms with Crippen molar-refractivity contribution in [1.29, 1.82) is 0 Å². The van der Waals surface area contributed by atoms with E-state index in [4.69, 9.17) is 0 Å². The number of anilines is 1. The van der Waals surface area contributed by atoms with Crippen molar-refractivity contribution in [1.82, 2.24) is 9.88 Å². The van der Waals surface area contributed by atoms with Crippen LogP contribution >= 0.6 is 11.3 Å². The lowest BCUT2D eigenvalue weighted by molar-refractivity contribution is -0.132. The fourth-order valence-electron chi connectivity index (χ4n) is 2.94. The SMILES string of the molecule is Cc1ccc(/C=C/C(=O)Nc2nc3c(s2)CN(C(=O)CC(C)C)CC3)cc1. The summed E-state index contributed by atoms with van der Waals surface area (Å²) < 4.78 is 0. The molecule has 1 N–H and O–H groups in total. The van der Waals surface area contributed by atoms with Crippen LogP contribution in [0.4, 0.5) is 5.13 Å². The summed E-state index contributed by atoms with van der Waals surface area (Å²) in [7, 11) is 0. The minimum absolute atomic E-state index is 0.190. The normalized spacial score (nSPS) is 13.9. The molecule has 27 heavy (non-hydrogen) atoms. The Morgan fingerprint density at radius 3 is 2.74 bits per heavy atom. The van der Waals surface area contributed by atoms with Crippen molar-refractivity contribution in [3.63, 3.8) is 0 Å². The highest BCUT2D eigenvalue weighted by Crippen LogP contribution is 2.29. The minimum atomic E-state index is -0.200. The summed E-state index contributed by atoms with van der Waals surface area (Å²) in [5, 5.41) is 3.43. The Morgan fingerprint density at radius 1 is 1.30 bits per heavy atom. The molecule has 6 heteroatoms. The number of aryl methyl sites for hydroxylation is 1. The number of nitrogens with zero attached hydrogens (tertiary/aromatic N) is 2. The van der Waals surface area contributed by atoms with E-state index in [1.165, 1.54) is 23.0 Å². The number of nitrogens with one attached hydrogen (secondary N) is 1. The Morgan fingerprint density at radius 2 is 2.04 bits per heavy atom. The quantitative estimate of drug-likeness (QED) is 0.793. The van der Waals surface area contributed by atoms with Gasteiger partial charge in [0.2, 0.25) is 11.8 Å². The number of carbonyl (C=O) groups excluding carboxylic acids is 2. The van der Waals surface area contributed by atoms with Crippen molar-refractivity contribution in [2.24, 2.45) is 5.92 Å². The molecule has 2 heterocycles. The van der Waals surface area contributed by atoms with Gasteiger partial charge >= 0.3 is 0 Å². The Balaban J connectivity index is 1.60. The lowest BCUT2D eigenvalue weighted by Crippen LogP contribution is -2.36. The van der Waals surface area contributed by atoms with E-state index in [-0.39, 0.29) is 11.8 Å². The molecule has 0 bridgehead atoms. The summed E-state index contributed by atoms with van der Waals surface area (Å²) >= 11 is 1.46. The van der Waals surface area contributed by atoms with Crippen LogP contribution in [0.15, 0.2) is 30.3 Å². The molecule has 0 saturated heterocycles. The van der Waals surface area contributed by atoms with Crippen LogP contribution in [0.1, 0.15) is 42.0 Å². The Labute approximate surface area is 164 Å². The third kappa shape index (κ3) is 5.26. The highest BCUT2D eigenvalue weighted by Gasteiger charge is 2.24. The number of benzene rings is 1. The molecule has 0 aliphatic carbocycles. The number of rotatable bonds is 5. The molecule has 3 rings (SSSR count). The fourth-order valence-corrected chi connectivity index (χ4v) is 3.96. The van der Waals surface area contributed by atoms with Crippen LogP contribution in [-0.2, 0) is 22.6 Å². The standard InChI is InChI=1S/C21H25N3O2S/c1-14(2)12-20(26)24-11-10-17-18(13-24)27-21(22-17)23-19(25)9-8-16-6-4-15(3)5-7-16/h4-9,14H,10-13H2,1-3H3,(H,22,23,25)/b9-8+. The second kappa shape index (κ2) is 8.48. The first-order valence-corrected chi connectivity index (χ1v) is 10.0. The van der Waals surface area contributed by atoms with E-state index in [2.05, 4.69) is 24.1 Å². The molecular formula is C21H25N3O2S. The number of fused-ring (bicyclic) bond motifs is 1. The topological polar surface area (TPSA) is 62.3 Å². The average molecular weight is 384 g/mol.